The maximum absolute atomic E-state index is 11.4. The number of hydrogen-bond acceptors (Lipinski definition) is 3. The number of ether oxygens (including phenoxy) is 1. The molecule has 0 unspecified atom stereocenters. The van der Waals surface area contributed by atoms with E-state index in [0.717, 1.165) is 11.3 Å². The summed E-state index contributed by atoms with van der Waals surface area (Å²) < 4.78 is 7.05. The van der Waals surface area contributed by atoms with Crippen molar-refractivity contribution in [2.24, 2.45) is 5.92 Å². The summed E-state index contributed by atoms with van der Waals surface area (Å²) in [6.45, 7) is 6.08. The number of carboxylic acids is 1. The molecular weight excluding hydrogens is 268 g/mol. The fraction of sp³-hybridized carbons (Fsp3) is 0.375. The molecule has 0 saturated carbocycles. The predicted octanol–water partition coefficient (Wildman–Crippen LogP) is 3.09. The molecule has 112 valence electrons. The Morgan fingerprint density at radius 1 is 1.43 bits per heavy atom. The van der Waals surface area contributed by atoms with E-state index in [1.807, 2.05) is 25.1 Å². The zero-order valence-electron chi connectivity index (χ0n) is 12.8. The summed E-state index contributed by atoms with van der Waals surface area (Å²) in [5, 5.41) is 13.6. The molecule has 0 aliphatic rings. The minimum atomic E-state index is -0.955. The average Bonchev–Trinajstić information content (AvgIpc) is 2.81. The zero-order valence-corrected chi connectivity index (χ0v) is 12.8. The molecule has 0 spiro atoms. The summed E-state index contributed by atoms with van der Waals surface area (Å²) in [6, 6.07) is 5.76. The number of nitrogens with zero attached hydrogens (tertiary/aromatic N) is 2. The molecule has 0 aliphatic heterocycles. The molecule has 1 N–H and O–H groups in total. The van der Waals surface area contributed by atoms with Crippen molar-refractivity contribution >= 4 is 5.97 Å². The number of aromatic nitrogens is 2. The highest BCUT2D eigenvalue weighted by Gasteiger charge is 2.20. The number of benzene rings is 1. The van der Waals surface area contributed by atoms with Gasteiger partial charge >= 0.3 is 5.97 Å². The van der Waals surface area contributed by atoms with Crippen LogP contribution >= 0.6 is 0 Å². The van der Waals surface area contributed by atoms with E-state index in [4.69, 9.17) is 4.74 Å². The smallest absolute Gasteiger partial charge is 0.339 e. The van der Waals surface area contributed by atoms with Crippen LogP contribution in [0.3, 0.4) is 0 Å². The maximum Gasteiger partial charge on any atom is 0.339 e. The lowest BCUT2D eigenvalue weighted by molar-refractivity contribution is 0.0695. The lowest BCUT2D eigenvalue weighted by atomic mass is 10.0. The second-order valence-corrected chi connectivity index (χ2v) is 5.50. The van der Waals surface area contributed by atoms with Crippen molar-refractivity contribution < 1.29 is 14.6 Å². The van der Waals surface area contributed by atoms with Crippen molar-refractivity contribution in [3.05, 3.63) is 41.2 Å². The number of carbonyl (C=O) groups is 1. The van der Waals surface area contributed by atoms with Crippen LogP contribution in [0.4, 0.5) is 0 Å². The first-order valence-corrected chi connectivity index (χ1v) is 6.89. The molecule has 0 aliphatic carbocycles. The molecule has 2 rings (SSSR count). The van der Waals surface area contributed by atoms with Crippen molar-refractivity contribution in [2.75, 3.05) is 7.11 Å². The molecule has 0 fully saturated rings. The summed E-state index contributed by atoms with van der Waals surface area (Å²) in [4.78, 5) is 11.4. The van der Waals surface area contributed by atoms with Gasteiger partial charge in [-0.1, -0.05) is 19.9 Å². The van der Waals surface area contributed by atoms with Crippen LogP contribution < -0.4 is 4.74 Å². The van der Waals surface area contributed by atoms with Crippen LogP contribution in [0, 0.1) is 12.8 Å². The van der Waals surface area contributed by atoms with Crippen LogP contribution in [0.2, 0.25) is 0 Å². The first kappa shape index (κ1) is 15.1. The van der Waals surface area contributed by atoms with Gasteiger partial charge in [-0.05, 0) is 37.0 Å². The zero-order chi connectivity index (χ0) is 15.6. The van der Waals surface area contributed by atoms with Gasteiger partial charge in [-0.15, -0.1) is 0 Å². The minimum absolute atomic E-state index is 0.243. The molecular formula is C16H20N2O3. The summed E-state index contributed by atoms with van der Waals surface area (Å²) in [5.41, 5.74) is 2.77. The predicted molar refractivity (Wildman–Crippen MR) is 80.4 cm³/mol. The second-order valence-electron chi connectivity index (χ2n) is 5.50. The Morgan fingerprint density at radius 3 is 2.71 bits per heavy atom. The molecule has 21 heavy (non-hydrogen) atoms. The molecule has 5 heteroatoms. The van der Waals surface area contributed by atoms with Gasteiger partial charge in [0.2, 0.25) is 0 Å². The molecule has 0 bridgehead atoms. The number of aromatic carboxylic acids is 1. The summed E-state index contributed by atoms with van der Waals surface area (Å²) in [7, 11) is 1.60. The Bertz CT molecular complexity index is 660. The van der Waals surface area contributed by atoms with Gasteiger partial charge in [-0.3, -0.25) is 0 Å². The Kier molecular flexibility index (Phi) is 4.31. The van der Waals surface area contributed by atoms with E-state index >= 15 is 0 Å². The third kappa shape index (κ3) is 3.07. The highest BCUT2D eigenvalue weighted by molar-refractivity contribution is 5.88. The number of carboxylic acid groups (broad SMARTS) is 1. The van der Waals surface area contributed by atoms with E-state index in [1.54, 1.807) is 11.8 Å². The number of hydrogen-bond donors (Lipinski definition) is 1. The summed E-state index contributed by atoms with van der Waals surface area (Å²) in [6.07, 6.45) is 2.04. The molecule has 1 heterocycles. The Labute approximate surface area is 124 Å². The minimum Gasteiger partial charge on any atom is -0.494 e. The van der Waals surface area contributed by atoms with Gasteiger partial charge in [-0.25, -0.2) is 9.48 Å². The molecule has 0 radical (unpaired) electrons. The van der Waals surface area contributed by atoms with Gasteiger partial charge in [0.15, 0.2) is 0 Å². The monoisotopic (exact) mass is 288 g/mol. The van der Waals surface area contributed by atoms with Gasteiger partial charge in [0, 0.05) is 0 Å². The largest absolute Gasteiger partial charge is 0.494 e. The normalized spacial score (nSPS) is 10.9. The van der Waals surface area contributed by atoms with Crippen molar-refractivity contribution in [3.63, 3.8) is 0 Å². The third-order valence-electron chi connectivity index (χ3n) is 3.26. The Hall–Kier alpha value is -2.30. The highest BCUT2D eigenvalue weighted by atomic mass is 16.5. The van der Waals surface area contributed by atoms with E-state index in [-0.39, 0.29) is 5.56 Å². The Morgan fingerprint density at radius 2 is 2.14 bits per heavy atom. The lowest BCUT2D eigenvalue weighted by Crippen LogP contribution is -2.10. The first-order valence-electron chi connectivity index (χ1n) is 6.89. The number of rotatable bonds is 5. The van der Waals surface area contributed by atoms with Gasteiger partial charge < -0.3 is 9.84 Å². The van der Waals surface area contributed by atoms with Crippen LogP contribution in [-0.2, 0) is 6.42 Å². The molecule has 5 nitrogen and oxygen atoms in total. The lowest BCUT2D eigenvalue weighted by Gasteiger charge is -2.14. The van der Waals surface area contributed by atoms with Gasteiger partial charge in [-0.2, -0.15) is 5.10 Å². The van der Waals surface area contributed by atoms with Crippen molar-refractivity contribution in [1.82, 2.24) is 9.78 Å². The van der Waals surface area contributed by atoms with Crippen LogP contribution in [0.15, 0.2) is 24.4 Å². The van der Waals surface area contributed by atoms with E-state index in [9.17, 15) is 9.90 Å². The van der Waals surface area contributed by atoms with Gasteiger partial charge in [0.1, 0.15) is 17.0 Å². The fourth-order valence-electron chi connectivity index (χ4n) is 2.31. The Balaban J connectivity index is 2.63. The molecule has 1 aromatic heterocycles. The van der Waals surface area contributed by atoms with Crippen molar-refractivity contribution in [2.45, 2.75) is 27.2 Å². The highest BCUT2D eigenvalue weighted by Crippen LogP contribution is 2.27. The van der Waals surface area contributed by atoms with E-state index in [1.165, 1.54) is 6.20 Å². The van der Waals surface area contributed by atoms with Gasteiger partial charge in [0.05, 0.1) is 19.0 Å². The maximum atomic E-state index is 11.4. The summed E-state index contributed by atoms with van der Waals surface area (Å²) in [5.74, 6) is 0.0449. The van der Waals surface area contributed by atoms with Crippen molar-refractivity contribution in [3.8, 4) is 11.4 Å². The standard InChI is InChI=1S/C16H20N2O3/c1-10(2)7-13-12(16(19)20)9-17-18(13)14-8-11(3)5-6-15(14)21-4/h5-6,8-10H,7H2,1-4H3,(H,19,20). The SMILES string of the molecule is COc1ccc(C)cc1-n1ncc(C(=O)O)c1CC(C)C. The number of methoxy groups -OCH3 is 1. The van der Waals surface area contributed by atoms with E-state index < -0.39 is 5.97 Å². The first-order chi connectivity index (χ1) is 9.93. The van der Waals surface area contributed by atoms with Crippen LogP contribution in [0.1, 0.15) is 35.5 Å². The quantitative estimate of drug-likeness (QED) is 0.918. The molecule has 1 aromatic carbocycles. The third-order valence-corrected chi connectivity index (χ3v) is 3.26. The molecule has 2 aromatic rings. The van der Waals surface area contributed by atoms with E-state index in [2.05, 4.69) is 18.9 Å². The fourth-order valence-corrected chi connectivity index (χ4v) is 2.31. The number of aryl methyl sites for hydroxylation is 1. The second kappa shape index (κ2) is 5.99. The molecule has 0 saturated heterocycles. The van der Waals surface area contributed by atoms with E-state index in [0.29, 0.717) is 23.8 Å². The average molecular weight is 288 g/mol. The van der Waals surface area contributed by atoms with Crippen molar-refractivity contribution in [1.29, 1.82) is 0 Å². The van der Waals surface area contributed by atoms with Crippen LogP contribution in [0.5, 0.6) is 5.75 Å². The molecule has 0 amide bonds. The molecule has 0 atom stereocenters. The van der Waals surface area contributed by atoms with Crippen LogP contribution in [-0.4, -0.2) is 28.0 Å². The topological polar surface area (TPSA) is 64.4 Å². The van der Waals surface area contributed by atoms with Crippen LogP contribution in [0.25, 0.3) is 5.69 Å². The summed E-state index contributed by atoms with van der Waals surface area (Å²) >= 11 is 0. The van der Waals surface area contributed by atoms with Gasteiger partial charge in [0.25, 0.3) is 0 Å².